The van der Waals surface area contributed by atoms with Crippen LogP contribution in [0.25, 0.3) is 16.7 Å². The summed E-state index contributed by atoms with van der Waals surface area (Å²) in [5, 5.41) is 5.56. The summed E-state index contributed by atoms with van der Waals surface area (Å²) in [4.78, 5) is 42.9. The van der Waals surface area contributed by atoms with Gasteiger partial charge < -0.3 is 20.3 Å². The number of rotatable bonds is 7. The monoisotopic (exact) mass is 622 g/mol. The van der Waals surface area contributed by atoms with E-state index in [1.54, 1.807) is 62.2 Å². The number of nitrogens with zero attached hydrogens (tertiary/aromatic N) is 2. The second-order valence-corrected chi connectivity index (χ2v) is 11.9. The molecule has 2 heterocycles. The molecular weight excluding hydrogens is 585 g/mol. The van der Waals surface area contributed by atoms with Crippen molar-refractivity contribution in [2.45, 2.75) is 65.4 Å². The van der Waals surface area contributed by atoms with Crippen molar-refractivity contribution in [3.63, 3.8) is 0 Å². The summed E-state index contributed by atoms with van der Waals surface area (Å²) in [7, 11) is 0. The third-order valence-corrected chi connectivity index (χ3v) is 7.35. The molecule has 2 N–H and O–H groups in total. The minimum absolute atomic E-state index is 0.0176. The number of amides is 3. The van der Waals surface area contributed by atoms with Crippen LogP contribution in [0.2, 0.25) is 0 Å². The van der Waals surface area contributed by atoms with Crippen molar-refractivity contribution < 1.29 is 32.3 Å². The first-order valence-corrected chi connectivity index (χ1v) is 14.6. The molecule has 0 unspecified atom stereocenters. The number of hydrogen-bond acceptors (Lipinski definition) is 5. The van der Waals surface area contributed by atoms with Crippen LogP contribution >= 0.6 is 0 Å². The van der Waals surface area contributed by atoms with E-state index in [-0.39, 0.29) is 18.4 Å². The third-order valence-electron chi connectivity index (χ3n) is 7.35. The molecule has 45 heavy (non-hydrogen) atoms. The number of alkyl carbamates (subject to hydrolysis) is 1. The van der Waals surface area contributed by atoms with Crippen LogP contribution in [0.5, 0.6) is 0 Å². The highest BCUT2D eigenvalue weighted by molar-refractivity contribution is 5.95. The lowest BCUT2D eigenvalue weighted by atomic mass is 9.95. The Labute approximate surface area is 260 Å². The van der Waals surface area contributed by atoms with Gasteiger partial charge in [-0.05, 0) is 85.7 Å². The first kappa shape index (κ1) is 33.2. The number of carbonyl (C=O) groups is 3. The Balaban J connectivity index is 1.48. The number of carbonyl (C=O) groups excluding carboxylic acids is 3. The van der Waals surface area contributed by atoms with Crippen molar-refractivity contribution in [2.75, 3.05) is 13.1 Å². The average Bonchev–Trinajstić information content (AvgIpc) is 2.98. The summed E-state index contributed by atoms with van der Waals surface area (Å²) in [5.41, 5.74) is 2.76. The summed E-state index contributed by atoms with van der Waals surface area (Å²) in [5.74, 6) is -0.305. The number of aromatic nitrogens is 1. The number of halogens is 3. The highest BCUT2D eigenvalue weighted by Gasteiger charge is 2.31. The van der Waals surface area contributed by atoms with Gasteiger partial charge in [-0.15, -0.1) is 0 Å². The molecule has 0 saturated carbocycles. The Bertz CT molecular complexity index is 1590. The SMILES string of the molecule is CC(=O)N1CC=C(c2cncc(C(=O)N[C@H](C)c3ccc(-c4cc(C(F)(F)F)ccc4CNC(=O)OC(C)(C)C)cc3)c2)CC1. The normalized spacial score (nSPS) is 14.3. The molecule has 1 aromatic heterocycles. The van der Waals surface area contributed by atoms with Crippen molar-refractivity contribution in [1.82, 2.24) is 20.5 Å². The molecule has 1 atom stereocenters. The van der Waals surface area contributed by atoms with Crippen LogP contribution < -0.4 is 10.6 Å². The molecule has 3 amide bonds. The Kier molecular flexibility index (Phi) is 10.00. The molecule has 0 saturated heterocycles. The smallest absolute Gasteiger partial charge is 0.416 e. The topological polar surface area (TPSA) is 101 Å². The molecule has 1 aliphatic heterocycles. The second-order valence-electron chi connectivity index (χ2n) is 11.9. The summed E-state index contributed by atoms with van der Waals surface area (Å²) in [6.45, 7) is 9.58. The van der Waals surface area contributed by atoms with Gasteiger partial charge in [0.15, 0.2) is 0 Å². The molecule has 0 fully saturated rings. The van der Waals surface area contributed by atoms with E-state index in [0.29, 0.717) is 41.8 Å². The van der Waals surface area contributed by atoms with E-state index in [0.717, 1.165) is 28.8 Å². The number of hydrogen-bond donors (Lipinski definition) is 2. The van der Waals surface area contributed by atoms with Crippen LogP contribution in [0.3, 0.4) is 0 Å². The summed E-state index contributed by atoms with van der Waals surface area (Å²) in [6.07, 6.45) is 0.597. The predicted octanol–water partition coefficient (Wildman–Crippen LogP) is 6.92. The number of nitrogens with one attached hydrogen (secondary N) is 2. The lowest BCUT2D eigenvalue weighted by Gasteiger charge is -2.25. The van der Waals surface area contributed by atoms with Gasteiger partial charge in [-0.3, -0.25) is 14.6 Å². The van der Waals surface area contributed by atoms with E-state index < -0.39 is 29.5 Å². The van der Waals surface area contributed by atoms with Gasteiger partial charge >= 0.3 is 12.3 Å². The zero-order valence-electron chi connectivity index (χ0n) is 25.9. The molecular formula is C34H37F3N4O4. The van der Waals surface area contributed by atoms with Crippen LogP contribution in [0.4, 0.5) is 18.0 Å². The lowest BCUT2D eigenvalue weighted by molar-refractivity contribution is -0.137. The molecule has 3 aromatic rings. The Morgan fingerprint density at radius 1 is 1.00 bits per heavy atom. The van der Waals surface area contributed by atoms with Crippen molar-refractivity contribution in [3.8, 4) is 11.1 Å². The number of alkyl halides is 3. The average molecular weight is 623 g/mol. The molecule has 238 valence electrons. The Morgan fingerprint density at radius 2 is 1.71 bits per heavy atom. The molecule has 2 aromatic carbocycles. The fourth-order valence-electron chi connectivity index (χ4n) is 4.93. The Morgan fingerprint density at radius 3 is 2.31 bits per heavy atom. The van der Waals surface area contributed by atoms with Crippen LogP contribution in [0.1, 0.15) is 79.7 Å². The molecule has 0 radical (unpaired) electrons. The zero-order valence-corrected chi connectivity index (χ0v) is 25.9. The standard InChI is InChI=1S/C34H37F3N4O4/c1-21(40-31(43)28-16-27(18-38-19-28)24-12-14-41(15-13-24)22(2)42)23-6-8-25(9-7-23)30-17-29(34(35,36)37)11-10-26(30)20-39-32(44)45-33(3,4)5/h6-12,16-19,21H,13-15,20H2,1-5H3,(H,39,44)(H,40,43)/t21-/m1/s1. The molecule has 0 aliphatic carbocycles. The molecule has 11 heteroatoms. The van der Waals surface area contributed by atoms with Crippen molar-refractivity contribution >= 4 is 23.5 Å². The first-order valence-electron chi connectivity index (χ1n) is 14.6. The van der Waals surface area contributed by atoms with Crippen molar-refractivity contribution in [3.05, 3.63) is 94.8 Å². The van der Waals surface area contributed by atoms with Gasteiger partial charge in [-0.2, -0.15) is 13.2 Å². The first-order chi connectivity index (χ1) is 21.1. The maximum absolute atomic E-state index is 13.6. The summed E-state index contributed by atoms with van der Waals surface area (Å²) >= 11 is 0. The van der Waals surface area contributed by atoms with Gasteiger partial charge in [-0.25, -0.2) is 4.79 Å². The maximum Gasteiger partial charge on any atom is 0.416 e. The van der Waals surface area contributed by atoms with Crippen LogP contribution in [-0.2, 0) is 22.3 Å². The molecule has 0 spiro atoms. The fourth-order valence-corrected chi connectivity index (χ4v) is 4.93. The van der Waals surface area contributed by atoms with Gasteiger partial charge in [0, 0.05) is 39.0 Å². The van der Waals surface area contributed by atoms with Crippen LogP contribution in [-0.4, -0.2) is 46.5 Å². The minimum Gasteiger partial charge on any atom is -0.444 e. The van der Waals surface area contributed by atoms with Crippen molar-refractivity contribution in [1.29, 1.82) is 0 Å². The third kappa shape index (κ3) is 8.93. The number of ether oxygens (including phenoxy) is 1. The van der Waals surface area contributed by atoms with E-state index in [4.69, 9.17) is 4.74 Å². The van der Waals surface area contributed by atoms with Gasteiger partial charge in [0.1, 0.15) is 5.60 Å². The number of pyridine rings is 1. The summed E-state index contributed by atoms with van der Waals surface area (Å²) in [6, 6.07) is 11.6. The van der Waals surface area contributed by atoms with Crippen LogP contribution in [0, 0.1) is 0 Å². The van der Waals surface area contributed by atoms with Crippen LogP contribution in [0.15, 0.2) is 67.0 Å². The molecule has 4 rings (SSSR count). The largest absolute Gasteiger partial charge is 0.444 e. The Hall–Kier alpha value is -4.67. The van der Waals surface area contributed by atoms with Gasteiger partial charge in [-0.1, -0.05) is 36.4 Å². The zero-order chi connectivity index (χ0) is 32.9. The van der Waals surface area contributed by atoms with Gasteiger partial charge in [0.2, 0.25) is 5.91 Å². The second kappa shape index (κ2) is 13.5. The molecule has 8 nitrogen and oxygen atoms in total. The predicted molar refractivity (Wildman–Crippen MR) is 165 cm³/mol. The van der Waals surface area contributed by atoms with E-state index in [9.17, 15) is 27.6 Å². The maximum atomic E-state index is 13.6. The number of benzene rings is 2. The van der Waals surface area contributed by atoms with E-state index >= 15 is 0 Å². The fraction of sp³-hybridized carbons (Fsp3) is 0.353. The van der Waals surface area contributed by atoms with Crippen molar-refractivity contribution in [2.24, 2.45) is 0 Å². The molecule has 1 aliphatic rings. The van der Waals surface area contributed by atoms with E-state index in [2.05, 4.69) is 15.6 Å². The van der Waals surface area contributed by atoms with E-state index in [1.807, 2.05) is 13.0 Å². The quantitative estimate of drug-likeness (QED) is 0.298. The lowest BCUT2D eigenvalue weighted by Crippen LogP contribution is -2.32. The van der Waals surface area contributed by atoms with Gasteiger partial charge in [0.25, 0.3) is 5.91 Å². The molecule has 0 bridgehead atoms. The highest BCUT2D eigenvalue weighted by Crippen LogP contribution is 2.34. The van der Waals surface area contributed by atoms with Gasteiger partial charge in [0.05, 0.1) is 17.2 Å². The van der Waals surface area contributed by atoms with E-state index in [1.165, 1.54) is 19.2 Å². The highest BCUT2D eigenvalue weighted by atomic mass is 19.4. The summed E-state index contributed by atoms with van der Waals surface area (Å²) < 4.78 is 46.0. The minimum atomic E-state index is -4.54.